The molecule has 0 saturated heterocycles. The van der Waals surface area contributed by atoms with Gasteiger partial charge in [-0.15, -0.1) is 0 Å². The van der Waals surface area contributed by atoms with Gasteiger partial charge in [-0.25, -0.2) is 0 Å². The van der Waals surface area contributed by atoms with Crippen molar-refractivity contribution < 1.29 is 0 Å². The highest BCUT2D eigenvalue weighted by atomic mass is 14.9. The van der Waals surface area contributed by atoms with E-state index in [-0.39, 0.29) is 0 Å². The number of fused-ring (bicyclic) bond motifs is 1. The smallest absolute Gasteiger partial charge is 0.0463 e. The maximum Gasteiger partial charge on any atom is 0.0463 e. The van der Waals surface area contributed by atoms with E-state index in [1.165, 1.54) is 10.8 Å². The van der Waals surface area contributed by atoms with Crippen LogP contribution in [0.2, 0.25) is 0 Å². The Morgan fingerprint density at radius 1 is 0.722 bits per heavy atom. The normalized spacial score (nSPS) is 10.4. The van der Waals surface area contributed by atoms with Crippen LogP contribution in [0.15, 0.2) is 66.7 Å². The van der Waals surface area contributed by atoms with E-state index in [4.69, 9.17) is 5.73 Å². The zero-order valence-corrected chi connectivity index (χ0v) is 9.93. The molecule has 18 heavy (non-hydrogen) atoms. The molecule has 0 aromatic heterocycles. The fourth-order valence-corrected chi connectivity index (χ4v) is 2.06. The minimum atomic E-state index is 0.776. The number of hydrogen-bond acceptors (Lipinski definition) is 2. The fraction of sp³-hybridized carbons (Fsp3) is 0. The molecule has 0 heterocycles. The first kappa shape index (κ1) is 10.7. The van der Waals surface area contributed by atoms with Crippen molar-refractivity contribution in [3.05, 3.63) is 66.7 Å². The molecule has 3 N–H and O–H groups in total. The molecule has 0 aliphatic rings. The Kier molecular flexibility index (Phi) is 2.61. The topological polar surface area (TPSA) is 38.0 Å². The SMILES string of the molecule is Nc1ccc(Nc2cccc3ccccc23)cc1. The summed E-state index contributed by atoms with van der Waals surface area (Å²) < 4.78 is 0. The van der Waals surface area contributed by atoms with Crippen LogP contribution in [0.3, 0.4) is 0 Å². The number of nitrogens with two attached hydrogens (primary N) is 1. The van der Waals surface area contributed by atoms with Crippen molar-refractivity contribution in [3.8, 4) is 0 Å². The summed E-state index contributed by atoms with van der Waals surface area (Å²) in [5.74, 6) is 0. The molecule has 0 aliphatic heterocycles. The van der Waals surface area contributed by atoms with Crippen LogP contribution in [-0.4, -0.2) is 0 Å². The third-order valence-electron chi connectivity index (χ3n) is 2.98. The molecule has 0 fully saturated rings. The Morgan fingerprint density at radius 2 is 1.44 bits per heavy atom. The molecular formula is C16H14N2. The van der Waals surface area contributed by atoms with Gasteiger partial charge >= 0.3 is 0 Å². The average molecular weight is 234 g/mol. The summed E-state index contributed by atoms with van der Waals surface area (Å²) in [6.07, 6.45) is 0. The van der Waals surface area contributed by atoms with Crippen molar-refractivity contribution in [2.24, 2.45) is 0 Å². The lowest BCUT2D eigenvalue weighted by atomic mass is 10.1. The molecular weight excluding hydrogens is 220 g/mol. The maximum absolute atomic E-state index is 5.68. The zero-order chi connectivity index (χ0) is 12.4. The van der Waals surface area contributed by atoms with E-state index in [0.717, 1.165) is 17.1 Å². The van der Waals surface area contributed by atoms with Gasteiger partial charge in [-0.3, -0.25) is 0 Å². The van der Waals surface area contributed by atoms with E-state index in [0.29, 0.717) is 0 Å². The molecule has 0 bridgehead atoms. The van der Waals surface area contributed by atoms with Crippen molar-refractivity contribution in [3.63, 3.8) is 0 Å². The van der Waals surface area contributed by atoms with E-state index in [9.17, 15) is 0 Å². The lowest BCUT2D eigenvalue weighted by Gasteiger charge is -2.09. The highest BCUT2D eigenvalue weighted by Crippen LogP contribution is 2.26. The Morgan fingerprint density at radius 3 is 2.28 bits per heavy atom. The van der Waals surface area contributed by atoms with Crippen LogP contribution in [-0.2, 0) is 0 Å². The van der Waals surface area contributed by atoms with Crippen LogP contribution >= 0.6 is 0 Å². The van der Waals surface area contributed by atoms with E-state index in [1.807, 2.05) is 24.3 Å². The molecule has 0 saturated carbocycles. The summed E-state index contributed by atoms with van der Waals surface area (Å²) in [6.45, 7) is 0. The quantitative estimate of drug-likeness (QED) is 0.653. The van der Waals surface area contributed by atoms with E-state index >= 15 is 0 Å². The molecule has 0 amide bonds. The Hall–Kier alpha value is -2.48. The molecule has 0 atom stereocenters. The minimum absolute atomic E-state index is 0.776. The second-order valence-corrected chi connectivity index (χ2v) is 4.27. The molecule has 0 unspecified atom stereocenters. The minimum Gasteiger partial charge on any atom is -0.399 e. The third-order valence-corrected chi connectivity index (χ3v) is 2.98. The molecule has 0 radical (unpaired) electrons. The van der Waals surface area contributed by atoms with Crippen LogP contribution in [0.5, 0.6) is 0 Å². The van der Waals surface area contributed by atoms with Crippen LogP contribution in [0.25, 0.3) is 10.8 Å². The van der Waals surface area contributed by atoms with Crippen molar-refractivity contribution in [1.29, 1.82) is 0 Å². The number of nitrogens with one attached hydrogen (secondary N) is 1. The molecule has 88 valence electrons. The Balaban J connectivity index is 2.02. The fourth-order valence-electron chi connectivity index (χ4n) is 2.06. The van der Waals surface area contributed by atoms with Gasteiger partial charge in [-0.1, -0.05) is 36.4 Å². The summed E-state index contributed by atoms with van der Waals surface area (Å²) in [5.41, 5.74) is 8.61. The molecule has 0 spiro atoms. The lowest BCUT2D eigenvalue weighted by Crippen LogP contribution is -1.92. The standard InChI is InChI=1S/C16H14N2/c17-13-8-10-14(11-9-13)18-16-7-3-5-12-4-1-2-6-15(12)16/h1-11,18H,17H2. The van der Waals surface area contributed by atoms with Crippen molar-refractivity contribution in [2.75, 3.05) is 11.1 Å². The van der Waals surface area contributed by atoms with Gasteiger partial charge in [0.1, 0.15) is 0 Å². The first-order valence-corrected chi connectivity index (χ1v) is 5.93. The third kappa shape index (κ3) is 2.00. The predicted octanol–water partition coefficient (Wildman–Crippen LogP) is 4.17. The summed E-state index contributed by atoms with van der Waals surface area (Å²) in [7, 11) is 0. The van der Waals surface area contributed by atoms with Gasteiger partial charge in [0.2, 0.25) is 0 Å². The Labute approximate surface area is 106 Å². The van der Waals surface area contributed by atoms with E-state index < -0.39 is 0 Å². The second-order valence-electron chi connectivity index (χ2n) is 4.27. The van der Waals surface area contributed by atoms with E-state index in [1.54, 1.807) is 0 Å². The molecule has 3 rings (SSSR count). The second kappa shape index (κ2) is 4.41. The summed E-state index contributed by atoms with van der Waals surface area (Å²) in [4.78, 5) is 0. The lowest BCUT2D eigenvalue weighted by molar-refractivity contribution is 1.57. The molecule has 2 heteroatoms. The predicted molar refractivity (Wildman–Crippen MR) is 78.1 cm³/mol. The van der Waals surface area contributed by atoms with Crippen molar-refractivity contribution in [1.82, 2.24) is 0 Å². The van der Waals surface area contributed by atoms with Crippen LogP contribution < -0.4 is 11.1 Å². The largest absolute Gasteiger partial charge is 0.399 e. The number of rotatable bonds is 2. The number of hydrogen-bond donors (Lipinski definition) is 2. The van der Waals surface area contributed by atoms with Gasteiger partial charge in [-0.2, -0.15) is 0 Å². The van der Waals surface area contributed by atoms with Gasteiger partial charge in [0.25, 0.3) is 0 Å². The van der Waals surface area contributed by atoms with Gasteiger partial charge in [0, 0.05) is 22.4 Å². The molecule has 2 nitrogen and oxygen atoms in total. The first-order valence-electron chi connectivity index (χ1n) is 5.93. The molecule has 3 aromatic carbocycles. The van der Waals surface area contributed by atoms with Crippen LogP contribution in [0.4, 0.5) is 17.1 Å². The number of benzene rings is 3. The Bertz CT molecular complexity index is 667. The monoisotopic (exact) mass is 234 g/mol. The van der Waals surface area contributed by atoms with Crippen LogP contribution in [0.1, 0.15) is 0 Å². The molecule has 0 aliphatic carbocycles. The summed E-state index contributed by atoms with van der Waals surface area (Å²) in [5, 5.41) is 5.87. The van der Waals surface area contributed by atoms with Gasteiger partial charge < -0.3 is 11.1 Å². The average Bonchev–Trinajstić information content (AvgIpc) is 2.42. The highest BCUT2D eigenvalue weighted by molar-refractivity contribution is 5.95. The van der Waals surface area contributed by atoms with Gasteiger partial charge in [0.15, 0.2) is 0 Å². The first-order chi connectivity index (χ1) is 8.83. The number of anilines is 3. The summed E-state index contributed by atoms with van der Waals surface area (Å²) in [6, 6.07) is 22.4. The maximum atomic E-state index is 5.68. The molecule has 3 aromatic rings. The zero-order valence-electron chi connectivity index (χ0n) is 9.93. The van der Waals surface area contributed by atoms with Crippen molar-refractivity contribution >= 4 is 27.8 Å². The van der Waals surface area contributed by atoms with Crippen molar-refractivity contribution in [2.45, 2.75) is 0 Å². The highest BCUT2D eigenvalue weighted by Gasteiger charge is 2.00. The van der Waals surface area contributed by atoms with E-state index in [2.05, 4.69) is 47.8 Å². The van der Waals surface area contributed by atoms with Gasteiger partial charge in [0.05, 0.1) is 0 Å². The van der Waals surface area contributed by atoms with Crippen LogP contribution in [0, 0.1) is 0 Å². The number of nitrogen functional groups attached to an aromatic ring is 1. The van der Waals surface area contributed by atoms with Gasteiger partial charge in [-0.05, 0) is 35.7 Å². The summed E-state index contributed by atoms with van der Waals surface area (Å²) >= 11 is 0.